The minimum Gasteiger partial charge on any atom is -0.376 e. The fourth-order valence-electron chi connectivity index (χ4n) is 2.38. The lowest BCUT2D eigenvalue weighted by atomic mass is 9.98. The van der Waals surface area contributed by atoms with Gasteiger partial charge in [-0.2, -0.15) is 0 Å². The Kier molecular flexibility index (Phi) is 5.73. The summed E-state index contributed by atoms with van der Waals surface area (Å²) in [4.78, 5) is 12.6. The van der Waals surface area contributed by atoms with Crippen LogP contribution in [0.1, 0.15) is 42.5 Å². The Bertz CT molecular complexity index is 416. The number of thiol groups is 1. The number of amides is 1. The van der Waals surface area contributed by atoms with Crippen LogP contribution in [0.5, 0.6) is 0 Å². The van der Waals surface area contributed by atoms with Crippen molar-refractivity contribution in [3.63, 3.8) is 0 Å². The molecule has 0 bridgehead atoms. The lowest BCUT2D eigenvalue weighted by molar-refractivity contribution is 0.0299. The monoisotopic (exact) mass is 279 g/mol. The summed E-state index contributed by atoms with van der Waals surface area (Å²) in [6.45, 7) is 1.14. The summed E-state index contributed by atoms with van der Waals surface area (Å²) < 4.78 is 5.77. The van der Waals surface area contributed by atoms with E-state index in [2.05, 4.69) is 17.9 Å². The van der Waals surface area contributed by atoms with E-state index in [0.29, 0.717) is 29.7 Å². The second-order valence-corrected chi connectivity index (χ2v) is 5.39. The molecule has 0 radical (unpaired) electrons. The fraction of sp³-hybridized carbons (Fsp3) is 0.533. The standard InChI is InChI=1S/C15H21NO2S/c17-15(13-8-4-5-9-14(13)19)16-10-11-18-12-6-2-1-3-7-12/h4-5,8-9,12,19H,1-3,6-7,10-11H2,(H,16,17). The third-order valence-corrected chi connectivity index (χ3v) is 3.83. The Hall–Kier alpha value is -1.00. The number of nitrogens with one attached hydrogen (secondary N) is 1. The van der Waals surface area contributed by atoms with Gasteiger partial charge in [-0.25, -0.2) is 0 Å². The van der Waals surface area contributed by atoms with Crippen molar-refractivity contribution < 1.29 is 9.53 Å². The summed E-state index contributed by atoms with van der Waals surface area (Å²) in [7, 11) is 0. The van der Waals surface area contributed by atoms with Crippen LogP contribution < -0.4 is 5.32 Å². The maximum Gasteiger partial charge on any atom is 0.252 e. The second-order valence-electron chi connectivity index (χ2n) is 4.90. The van der Waals surface area contributed by atoms with Gasteiger partial charge in [0, 0.05) is 11.4 Å². The molecule has 0 heterocycles. The van der Waals surface area contributed by atoms with Crippen molar-refractivity contribution >= 4 is 18.5 Å². The number of hydrogen-bond donors (Lipinski definition) is 2. The smallest absolute Gasteiger partial charge is 0.252 e. The van der Waals surface area contributed by atoms with Gasteiger partial charge in [0.15, 0.2) is 0 Å². The van der Waals surface area contributed by atoms with Crippen molar-refractivity contribution in [2.45, 2.75) is 43.1 Å². The van der Waals surface area contributed by atoms with Crippen LogP contribution in [0, 0.1) is 0 Å². The Morgan fingerprint density at radius 2 is 2.00 bits per heavy atom. The molecular weight excluding hydrogens is 258 g/mol. The maximum absolute atomic E-state index is 11.9. The minimum atomic E-state index is -0.0853. The Labute approximate surface area is 120 Å². The average molecular weight is 279 g/mol. The Morgan fingerprint density at radius 1 is 1.26 bits per heavy atom. The highest BCUT2D eigenvalue weighted by molar-refractivity contribution is 7.80. The molecule has 104 valence electrons. The van der Waals surface area contributed by atoms with Gasteiger partial charge in [-0.3, -0.25) is 4.79 Å². The normalized spacial score (nSPS) is 16.3. The van der Waals surface area contributed by atoms with Crippen molar-refractivity contribution in [2.24, 2.45) is 0 Å². The second kappa shape index (κ2) is 7.56. The van der Waals surface area contributed by atoms with Crippen LogP contribution in [0.4, 0.5) is 0 Å². The zero-order chi connectivity index (χ0) is 13.5. The van der Waals surface area contributed by atoms with Crippen LogP contribution in [-0.2, 0) is 4.74 Å². The van der Waals surface area contributed by atoms with E-state index in [0.717, 1.165) is 12.8 Å². The number of carbonyl (C=O) groups excluding carboxylic acids is 1. The van der Waals surface area contributed by atoms with Gasteiger partial charge < -0.3 is 10.1 Å². The molecule has 0 spiro atoms. The minimum absolute atomic E-state index is 0.0853. The van der Waals surface area contributed by atoms with Crippen LogP contribution >= 0.6 is 12.6 Å². The summed E-state index contributed by atoms with van der Waals surface area (Å²) in [5, 5.41) is 2.87. The van der Waals surface area contributed by atoms with Gasteiger partial charge in [-0.15, -0.1) is 12.6 Å². The molecule has 19 heavy (non-hydrogen) atoms. The van der Waals surface area contributed by atoms with Gasteiger partial charge in [0.25, 0.3) is 5.91 Å². The van der Waals surface area contributed by atoms with Gasteiger partial charge >= 0.3 is 0 Å². The summed E-state index contributed by atoms with van der Waals surface area (Å²) in [6, 6.07) is 7.30. The van der Waals surface area contributed by atoms with Crippen molar-refractivity contribution in [2.75, 3.05) is 13.2 Å². The van der Waals surface area contributed by atoms with E-state index in [1.807, 2.05) is 18.2 Å². The number of benzene rings is 1. The first-order valence-corrected chi connectivity index (χ1v) is 7.40. The van der Waals surface area contributed by atoms with Gasteiger partial charge in [-0.05, 0) is 25.0 Å². The Balaban J connectivity index is 1.68. The molecule has 1 aliphatic rings. The molecule has 1 aliphatic carbocycles. The zero-order valence-electron chi connectivity index (χ0n) is 11.1. The predicted molar refractivity (Wildman–Crippen MR) is 78.9 cm³/mol. The molecular formula is C15H21NO2S. The van der Waals surface area contributed by atoms with Crippen molar-refractivity contribution in [1.29, 1.82) is 0 Å². The van der Waals surface area contributed by atoms with Crippen LogP contribution in [0.3, 0.4) is 0 Å². The highest BCUT2D eigenvalue weighted by Gasteiger charge is 2.13. The molecule has 1 aromatic rings. The first-order chi connectivity index (χ1) is 9.27. The molecule has 1 saturated carbocycles. The van der Waals surface area contributed by atoms with Gasteiger partial charge in [-0.1, -0.05) is 31.4 Å². The third kappa shape index (κ3) is 4.55. The molecule has 0 atom stereocenters. The van der Waals surface area contributed by atoms with Crippen LogP contribution in [0.15, 0.2) is 29.2 Å². The molecule has 0 saturated heterocycles. The highest BCUT2D eigenvalue weighted by atomic mass is 32.1. The van der Waals surface area contributed by atoms with Gasteiger partial charge in [0.05, 0.1) is 18.3 Å². The van der Waals surface area contributed by atoms with Crippen molar-refractivity contribution in [3.8, 4) is 0 Å². The van der Waals surface area contributed by atoms with E-state index in [1.165, 1.54) is 19.3 Å². The SMILES string of the molecule is O=C(NCCOC1CCCCC1)c1ccccc1S. The molecule has 3 nitrogen and oxygen atoms in total. The quantitative estimate of drug-likeness (QED) is 0.642. The Morgan fingerprint density at radius 3 is 2.74 bits per heavy atom. The van der Waals surface area contributed by atoms with Gasteiger partial charge in [0.1, 0.15) is 0 Å². The molecule has 1 amide bonds. The van der Waals surface area contributed by atoms with Crippen LogP contribution in [-0.4, -0.2) is 25.2 Å². The van der Waals surface area contributed by atoms with E-state index in [9.17, 15) is 4.79 Å². The van der Waals surface area contributed by atoms with Gasteiger partial charge in [0.2, 0.25) is 0 Å². The largest absolute Gasteiger partial charge is 0.376 e. The molecule has 1 N–H and O–H groups in total. The summed E-state index contributed by atoms with van der Waals surface area (Å²) in [5.74, 6) is -0.0853. The van der Waals surface area contributed by atoms with Crippen molar-refractivity contribution in [3.05, 3.63) is 29.8 Å². The maximum atomic E-state index is 11.9. The van der Waals surface area contributed by atoms with Crippen LogP contribution in [0.2, 0.25) is 0 Å². The molecule has 0 aromatic heterocycles. The van der Waals surface area contributed by atoms with E-state index < -0.39 is 0 Å². The predicted octanol–water partition coefficient (Wildman–Crippen LogP) is 3.05. The lowest BCUT2D eigenvalue weighted by Crippen LogP contribution is -2.29. The van der Waals surface area contributed by atoms with E-state index >= 15 is 0 Å². The average Bonchev–Trinajstić information content (AvgIpc) is 2.45. The first kappa shape index (κ1) is 14.4. The summed E-state index contributed by atoms with van der Waals surface area (Å²) >= 11 is 4.27. The molecule has 0 aliphatic heterocycles. The lowest BCUT2D eigenvalue weighted by Gasteiger charge is -2.22. The number of rotatable bonds is 5. The van der Waals surface area contributed by atoms with Crippen LogP contribution in [0.25, 0.3) is 0 Å². The summed E-state index contributed by atoms with van der Waals surface area (Å²) in [5.41, 5.74) is 0.614. The third-order valence-electron chi connectivity index (χ3n) is 3.44. The van der Waals surface area contributed by atoms with E-state index in [1.54, 1.807) is 6.07 Å². The number of carbonyl (C=O) groups is 1. The number of ether oxygens (including phenoxy) is 1. The fourth-order valence-corrected chi connectivity index (χ4v) is 2.64. The van der Waals surface area contributed by atoms with Crippen molar-refractivity contribution in [1.82, 2.24) is 5.32 Å². The molecule has 1 aromatic carbocycles. The topological polar surface area (TPSA) is 38.3 Å². The summed E-state index contributed by atoms with van der Waals surface area (Å²) in [6.07, 6.45) is 6.58. The molecule has 4 heteroatoms. The molecule has 0 unspecified atom stereocenters. The zero-order valence-corrected chi connectivity index (χ0v) is 12.0. The molecule has 1 fully saturated rings. The highest BCUT2D eigenvalue weighted by Crippen LogP contribution is 2.19. The number of hydrogen-bond acceptors (Lipinski definition) is 3. The van der Waals surface area contributed by atoms with E-state index in [-0.39, 0.29) is 5.91 Å². The first-order valence-electron chi connectivity index (χ1n) is 6.95. The van der Waals surface area contributed by atoms with E-state index in [4.69, 9.17) is 4.74 Å². The molecule has 2 rings (SSSR count).